The number of nitrogens with one attached hydrogen (secondary N) is 1. The number of piperidine rings is 1. The summed E-state index contributed by atoms with van der Waals surface area (Å²) in [6.07, 6.45) is 1.09. The normalized spacial score (nSPS) is 17.9. The first-order chi connectivity index (χ1) is 17.2. The zero-order chi connectivity index (χ0) is 26.2. The van der Waals surface area contributed by atoms with Crippen molar-refractivity contribution in [3.63, 3.8) is 0 Å². The van der Waals surface area contributed by atoms with Gasteiger partial charge < -0.3 is 16.0 Å². The summed E-state index contributed by atoms with van der Waals surface area (Å²) in [5.74, 6) is -0.655. The molecule has 194 valence electrons. The summed E-state index contributed by atoms with van der Waals surface area (Å²) >= 11 is 0. The second-order valence-electron chi connectivity index (χ2n) is 9.53. The fourth-order valence-electron chi connectivity index (χ4n) is 4.61. The molecule has 0 aromatic heterocycles. The average Bonchev–Trinajstić information content (AvgIpc) is 2.86. The van der Waals surface area contributed by atoms with Crippen molar-refractivity contribution in [2.45, 2.75) is 45.3 Å². The van der Waals surface area contributed by atoms with Crippen LogP contribution in [0.25, 0.3) is 0 Å². The quantitative estimate of drug-likeness (QED) is 0.383. The molecule has 2 amide bonds. The van der Waals surface area contributed by atoms with Crippen LogP contribution in [0.1, 0.15) is 42.6 Å². The molecule has 10 heteroatoms. The molecule has 0 spiro atoms. The van der Waals surface area contributed by atoms with E-state index in [1.165, 1.54) is 36.4 Å². The van der Waals surface area contributed by atoms with Crippen LogP contribution in [0, 0.1) is 21.8 Å². The van der Waals surface area contributed by atoms with Crippen molar-refractivity contribution in [3.8, 4) is 0 Å². The van der Waals surface area contributed by atoms with Gasteiger partial charge in [0.15, 0.2) is 0 Å². The Labute approximate surface area is 210 Å². The van der Waals surface area contributed by atoms with Crippen molar-refractivity contribution in [3.05, 3.63) is 75.6 Å². The monoisotopic (exact) mass is 499 g/mol. The van der Waals surface area contributed by atoms with Crippen LogP contribution in [0.3, 0.4) is 0 Å². The van der Waals surface area contributed by atoms with Gasteiger partial charge in [-0.15, -0.1) is 0 Å². The van der Waals surface area contributed by atoms with Gasteiger partial charge in [-0.1, -0.05) is 26.0 Å². The Morgan fingerprint density at radius 3 is 2.44 bits per heavy atom. The highest BCUT2D eigenvalue weighted by atomic mass is 19.1. The molecule has 1 unspecified atom stereocenters. The van der Waals surface area contributed by atoms with Crippen molar-refractivity contribution < 1.29 is 18.9 Å². The van der Waals surface area contributed by atoms with E-state index in [0.717, 1.165) is 12.1 Å². The standard InChI is InChI=1S/C26H34FN5O4/c1-18(2)16-30(17-19-3-9-22(10-4-19)32(35)36)23-11-14-31(24(15-23)25(33)29-13-12-28)26(34)20-5-7-21(27)8-6-20/h3-10,18,23-24H,11-17,28H2,1-2H3,(H,29,33)/t23?,24-/m1/s1. The molecule has 2 aromatic rings. The highest BCUT2D eigenvalue weighted by Crippen LogP contribution is 2.27. The highest BCUT2D eigenvalue weighted by molar-refractivity contribution is 5.97. The zero-order valence-electron chi connectivity index (χ0n) is 20.7. The number of carbonyl (C=O) groups is 2. The van der Waals surface area contributed by atoms with Gasteiger partial charge in [0.25, 0.3) is 11.6 Å². The summed E-state index contributed by atoms with van der Waals surface area (Å²) < 4.78 is 13.4. The predicted molar refractivity (Wildman–Crippen MR) is 135 cm³/mol. The number of nitro benzene ring substituents is 1. The lowest BCUT2D eigenvalue weighted by Gasteiger charge is -2.43. The first kappa shape index (κ1) is 27.2. The molecule has 3 rings (SSSR count). The van der Waals surface area contributed by atoms with E-state index in [9.17, 15) is 24.1 Å². The smallest absolute Gasteiger partial charge is 0.269 e. The van der Waals surface area contributed by atoms with Crippen molar-refractivity contribution in [1.29, 1.82) is 0 Å². The molecule has 2 aromatic carbocycles. The van der Waals surface area contributed by atoms with Gasteiger partial charge in [-0.2, -0.15) is 0 Å². The second-order valence-corrected chi connectivity index (χ2v) is 9.53. The SMILES string of the molecule is CC(C)CN(Cc1ccc([N+](=O)[O-])cc1)C1CCN(C(=O)c2ccc(F)cc2)[C@@H](C(=O)NCCN)C1. The number of carbonyl (C=O) groups excluding carboxylic acids is 2. The Morgan fingerprint density at radius 1 is 1.19 bits per heavy atom. The number of rotatable bonds is 10. The molecule has 1 aliphatic rings. The van der Waals surface area contributed by atoms with E-state index in [4.69, 9.17) is 5.73 Å². The van der Waals surface area contributed by atoms with Gasteiger partial charge in [0.05, 0.1) is 4.92 Å². The van der Waals surface area contributed by atoms with Crippen molar-refractivity contribution in [2.75, 3.05) is 26.2 Å². The Bertz CT molecular complexity index is 1050. The molecular weight excluding hydrogens is 465 g/mol. The number of nitrogens with zero attached hydrogens (tertiary/aromatic N) is 3. The number of non-ortho nitro benzene ring substituents is 1. The third kappa shape index (κ3) is 7.08. The van der Waals surface area contributed by atoms with Crippen LogP contribution in [-0.4, -0.2) is 64.8 Å². The predicted octanol–water partition coefficient (Wildman–Crippen LogP) is 2.94. The molecule has 1 fully saturated rings. The van der Waals surface area contributed by atoms with Gasteiger partial charge in [-0.25, -0.2) is 4.39 Å². The lowest BCUT2D eigenvalue weighted by atomic mass is 9.93. The van der Waals surface area contributed by atoms with Crippen LogP contribution >= 0.6 is 0 Å². The van der Waals surface area contributed by atoms with Crippen LogP contribution in [0.5, 0.6) is 0 Å². The van der Waals surface area contributed by atoms with Crippen LogP contribution in [0.4, 0.5) is 10.1 Å². The molecule has 1 aliphatic heterocycles. The van der Waals surface area contributed by atoms with Crippen molar-refractivity contribution in [1.82, 2.24) is 15.1 Å². The minimum absolute atomic E-state index is 0.0217. The number of nitro groups is 1. The van der Waals surface area contributed by atoms with Gasteiger partial charge in [0, 0.05) is 56.5 Å². The maximum absolute atomic E-state index is 13.4. The number of hydrogen-bond acceptors (Lipinski definition) is 6. The topological polar surface area (TPSA) is 122 Å². The van der Waals surface area contributed by atoms with Crippen LogP contribution in [-0.2, 0) is 11.3 Å². The summed E-state index contributed by atoms with van der Waals surface area (Å²) in [5.41, 5.74) is 6.88. The van der Waals surface area contributed by atoms with Gasteiger partial charge in [0.2, 0.25) is 5.91 Å². The van der Waals surface area contributed by atoms with Crippen LogP contribution < -0.4 is 11.1 Å². The van der Waals surface area contributed by atoms with Crippen molar-refractivity contribution >= 4 is 17.5 Å². The lowest BCUT2D eigenvalue weighted by Crippen LogP contribution is -2.57. The maximum Gasteiger partial charge on any atom is 0.269 e. The first-order valence-electron chi connectivity index (χ1n) is 12.2. The van der Waals surface area contributed by atoms with Gasteiger partial charge in [0.1, 0.15) is 11.9 Å². The van der Waals surface area contributed by atoms with Crippen LogP contribution in [0.2, 0.25) is 0 Å². The van der Waals surface area contributed by atoms with E-state index in [-0.39, 0.29) is 30.1 Å². The largest absolute Gasteiger partial charge is 0.353 e. The molecule has 36 heavy (non-hydrogen) atoms. The zero-order valence-corrected chi connectivity index (χ0v) is 20.7. The number of likely N-dealkylation sites (tertiary alicyclic amines) is 1. The third-order valence-electron chi connectivity index (χ3n) is 6.32. The minimum Gasteiger partial charge on any atom is -0.353 e. The number of hydrogen-bond donors (Lipinski definition) is 2. The number of amides is 2. The van der Waals surface area contributed by atoms with E-state index in [2.05, 4.69) is 24.1 Å². The summed E-state index contributed by atoms with van der Waals surface area (Å²) in [6, 6.07) is 11.2. The fraction of sp³-hybridized carbons (Fsp3) is 0.462. The molecule has 0 radical (unpaired) electrons. The third-order valence-corrected chi connectivity index (χ3v) is 6.32. The molecule has 0 aliphatic carbocycles. The molecule has 0 bridgehead atoms. The fourth-order valence-corrected chi connectivity index (χ4v) is 4.61. The highest BCUT2D eigenvalue weighted by Gasteiger charge is 2.38. The molecular formula is C26H34FN5O4. The Balaban J connectivity index is 1.82. The van der Waals surface area contributed by atoms with E-state index in [1.54, 1.807) is 17.0 Å². The molecule has 9 nitrogen and oxygen atoms in total. The number of benzene rings is 2. The lowest BCUT2D eigenvalue weighted by molar-refractivity contribution is -0.384. The molecule has 1 saturated heterocycles. The number of halogens is 1. The summed E-state index contributed by atoms with van der Waals surface area (Å²) in [4.78, 5) is 40.8. The van der Waals surface area contributed by atoms with Gasteiger partial charge >= 0.3 is 0 Å². The molecule has 0 saturated carbocycles. The minimum atomic E-state index is -0.695. The Kier molecular flexibility index (Phi) is 9.49. The molecule has 2 atom stereocenters. The van der Waals surface area contributed by atoms with Crippen LogP contribution in [0.15, 0.2) is 48.5 Å². The average molecular weight is 500 g/mol. The maximum atomic E-state index is 13.4. The van der Waals surface area contributed by atoms with E-state index in [0.29, 0.717) is 44.0 Å². The first-order valence-corrected chi connectivity index (χ1v) is 12.2. The van der Waals surface area contributed by atoms with E-state index in [1.807, 2.05) is 0 Å². The Hall–Kier alpha value is -3.37. The summed E-state index contributed by atoms with van der Waals surface area (Å²) in [7, 11) is 0. The van der Waals surface area contributed by atoms with E-state index < -0.39 is 16.8 Å². The van der Waals surface area contributed by atoms with E-state index >= 15 is 0 Å². The summed E-state index contributed by atoms with van der Waals surface area (Å²) in [6.45, 7) is 6.53. The number of nitrogens with two attached hydrogens (primary N) is 1. The molecule has 3 N–H and O–H groups in total. The van der Waals surface area contributed by atoms with Gasteiger partial charge in [-0.05, 0) is 48.6 Å². The van der Waals surface area contributed by atoms with Gasteiger partial charge in [-0.3, -0.25) is 24.6 Å². The summed E-state index contributed by atoms with van der Waals surface area (Å²) in [5, 5.41) is 13.8. The van der Waals surface area contributed by atoms with Crippen molar-refractivity contribution in [2.24, 2.45) is 11.7 Å². The Morgan fingerprint density at radius 2 is 1.86 bits per heavy atom. The second kappa shape index (κ2) is 12.5. The molecule has 1 heterocycles.